The molecule has 5 heteroatoms. The van der Waals surface area contributed by atoms with Crippen LogP contribution in [0.25, 0.3) is 0 Å². The molecule has 1 aromatic carbocycles. The van der Waals surface area contributed by atoms with Crippen LogP contribution in [0.1, 0.15) is 19.8 Å². The van der Waals surface area contributed by atoms with Crippen LogP contribution in [0.5, 0.6) is 0 Å². The summed E-state index contributed by atoms with van der Waals surface area (Å²) in [5, 5.41) is 6.45. The topological polar surface area (TPSA) is 67.2 Å². The Morgan fingerprint density at radius 1 is 1.63 bits per heavy atom. The van der Waals surface area contributed by atoms with Crippen molar-refractivity contribution in [3.63, 3.8) is 0 Å². The minimum Gasteiger partial charge on any atom is -0.371 e. The average molecular weight is 265 g/mol. The van der Waals surface area contributed by atoms with Crippen LogP contribution in [-0.2, 0) is 4.79 Å². The van der Waals surface area contributed by atoms with E-state index in [4.69, 9.17) is 5.73 Å². The summed E-state index contributed by atoms with van der Waals surface area (Å²) in [5.74, 6) is -0.598. The molecule has 2 rings (SSSR count). The molecule has 0 radical (unpaired) electrons. The summed E-state index contributed by atoms with van der Waals surface area (Å²) in [6.07, 6.45) is 1.44. The number of hydrogen-bond acceptors (Lipinski definition) is 3. The molecule has 1 fully saturated rings. The second-order valence-corrected chi connectivity index (χ2v) is 5.03. The third-order valence-electron chi connectivity index (χ3n) is 3.91. The van der Waals surface area contributed by atoms with E-state index in [1.54, 1.807) is 12.1 Å². The van der Waals surface area contributed by atoms with Crippen molar-refractivity contribution < 1.29 is 9.18 Å². The van der Waals surface area contributed by atoms with Crippen LogP contribution in [0.4, 0.5) is 10.1 Å². The van der Waals surface area contributed by atoms with Crippen molar-refractivity contribution in [2.75, 3.05) is 18.4 Å². The van der Waals surface area contributed by atoms with Gasteiger partial charge in [-0.05, 0) is 37.6 Å². The van der Waals surface area contributed by atoms with Crippen LogP contribution in [0, 0.1) is 11.7 Å². The molecule has 0 aliphatic carbocycles. The van der Waals surface area contributed by atoms with E-state index < -0.39 is 5.54 Å². The number of anilines is 1. The smallest absolute Gasteiger partial charge is 0.243 e. The number of rotatable bonds is 4. The van der Waals surface area contributed by atoms with Crippen molar-refractivity contribution in [3.8, 4) is 0 Å². The van der Waals surface area contributed by atoms with Crippen molar-refractivity contribution in [3.05, 3.63) is 30.1 Å². The summed E-state index contributed by atoms with van der Waals surface area (Å²) in [6, 6.07) is 6.14. The van der Waals surface area contributed by atoms with Gasteiger partial charge in [0, 0.05) is 18.2 Å². The maximum Gasteiger partial charge on any atom is 0.243 e. The Morgan fingerprint density at radius 3 is 3.05 bits per heavy atom. The SMILES string of the molecule is CCC1CNCCC1(Nc1cccc(F)c1)C(N)=O. The number of amides is 1. The van der Waals surface area contributed by atoms with E-state index >= 15 is 0 Å². The fraction of sp³-hybridized carbons (Fsp3) is 0.500. The van der Waals surface area contributed by atoms with Gasteiger partial charge >= 0.3 is 0 Å². The molecule has 4 nitrogen and oxygen atoms in total. The Morgan fingerprint density at radius 2 is 2.42 bits per heavy atom. The summed E-state index contributed by atoms with van der Waals surface area (Å²) >= 11 is 0. The first-order valence-electron chi connectivity index (χ1n) is 6.63. The zero-order chi connectivity index (χ0) is 13.9. The summed E-state index contributed by atoms with van der Waals surface area (Å²) in [4.78, 5) is 12.0. The number of hydrogen-bond donors (Lipinski definition) is 3. The van der Waals surface area contributed by atoms with Crippen LogP contribution >= 0.6 is 0 Å². The van der Waals surface area contributed by atoms with Gasteiger partial charge in [-0.2, -0.15) is 0 Å². The van der Waals surface area contributed by atoms with Gasteiger partial charge in [-0.15, -0.1) is 0 Å². The van der Waals surface area contributed by atoms with Crippen LogP contribution in [0.3, 0.4) is 0 Å². The molecule has 1 aliphatic heterocycles. The number of carbonyl (C=O) groups is 1. The lowest BCUT2D eigenvalue weighted by Crippen LogP contribution is -2.62. The van der Waals surface area contributed by atoms with E-state index in [9.17, 15) is 9.18 Å². The normalized spacial score (nSPS) is 26.9. The molecule has 0 spiro atoms. The van der Waals surface area contributed by atoms with Gasteiger partial charge < -0.3 is 16.4 Å². The Balaban J connectivity index is 2.31. The molecule has 104 valence electrons. The largest absolute Gasteiger partial charge is 0.371 e. The maximum absolute atomic E-state index is 13.3. The van der Waals surface area contributed by atoms with Gasteiger partial charge in [-0.1, -0.05) is 13.0 Å². The first kappa shape index (κ1) is 13.8. The molecule has 0 bridgehead atoms. The van der Waals surface area contributed by atoms with E-state index in [2.05, 4.69) is 10.6 Å². The van der Waals surface area contributed by atoms with Crippen molar-refractivity contribution in [1.29, 1.82) is 0 Å². The predicted molar refractivity (Wildman–Crippen MR) is 73.2 cm³/mol. The number of nitrogens with two attached hydrogens (primary N) is 1. The summed E-state index contributed by atoms with van der Waals surface area (Å²) in [7, 11) is 0. The van der Waals surface area contributed by atoms with Crippen molar-refractivity contribution >= 4 is 11.6 Å². The molecule has 1 saturated heterocycles. The molecule has 1 heterocycles. The lowest BCUT2D eigenvalue weighted by atomic mass is 9.76. The van der Waals surface area contributed by atoms with Crippen molar-refractivity contribution in [2.45, 2.75) is 25.3 Å². The Hall–Kier alpha value is -1.62. The molecule has 0 aromatic heterocycles. The average Bonchev–Trinajstić information content (AvgIpc) is 2.39. The summed E-state index contributed by atoms with van der Waals surface area (Å²) < 4.78 is 13.3. The number of primary amides is 1. The molecule has 0 saturated carbocycles. The molecular formula is C14H20FN3O. The van der Waals surface area contributed by atoms with Crippen LogP contribution in [0.2, 0.25) is 0 Å². The highest BCUT2D eigenvalue weighted by atomic mass is 19.1. The third kappa shape index (κ3) is 2.71. The fourth-order valence-corrected chi connectivity index (χ4v) is 2.81. The quantitative estimate of drug-likeness (QED) is 0.772. The standard InChI is InChI=1S/C14H20FN3O/c1-2-10-9-17-7-6-14(10,13(16)19)18-12-5-3-4-11(15)8-12/h3-5,8,10,17-18H,2,6-7,9H2,1H3,(H2,16,19). The first-order chi connectivity index (χ1) is 9.08. The Labute approximate surface area is 112 Å². The predicted octanol–water partition coefficient (Wildman–Crippen LogP) is 1.48. The molecule has 4 N–H and O–H groups in total. The minimum absolute atomic E-state index is 0.0991. The molecule has 1 aromatic rings. The third-order valence-corrected chi connectivity index (χ3v) is 3.91. The number of piperidine rings is 1. The maximum atomic E-state index is 13.3. The van der Waals surface area contributed by atoms with Gasteiger partial charge in [0.2, 0.25) is 5.91 Å². The van der Waals surface area contributed by atoms with Gasteiger partial charge in [-0.25, -0.2) is 4.39 Å². The lowest BCUT2D eigenvalue weighted by molar-refractivity contribution is -0.125. The van der Waals surface area contributed by atoms with Gasteiger partial charge in [-0.3, -0.25) is 4.79 Å². The Bertz CT molecular complexity index is 466. The van der Waals surface area contributed by atoms with Crippen molar-refractivity contribution in [2.24, 2.45) is 11.7 Å². The van der Waals surface area contributed by atoms with E-state index in [0.717, 1.165) is 19.5 Å². The number of benzene rings is 1. The summed E-state index contributed by atoms with van der Waals surface area (Å²) in [6.45, 7) is 3.49. The highest BCUT2D eigenvalue weighted by molar-refractivity contribution is 5.88. The molecule has 19 heavy (non-hydrogen) atoms. The molecular weight excluding hydrogens is 245 g/mol. The molecule has 1 aliphatic rings. The lowest BCUT2D eigenvalue weighted by Gasteiger charge is -2.43. The van der Waals surface area contributed by atoms with Gasteiger partial charge in [0.05, 0.1) is 0 Å². The summed E-state index contributed by atoms with van der Waals surface area (Å²) in [5.41, 5.74) is 5.43. The van der Waals surface area contributed by atoms with Gasteiger partial charge in [0.15, 0.2) is 0 Å². The molecule has 2 unspecified atom stereocenters. The Kier molecular flexibility index (Phi) is 4.04. The zero-order valence-electron chi connectivity index (χ0n) is 11.1. The highest BCUT2D eigenvalue weighted by Crippen LogP contribution is 2.31. The fourth-order valence-electron chi connectivity index (χ4n) is 2.81. The van der Waals surface area contributed by atoms with Gasteiger partial charge in [0.1, 0.15) is 11.4 Å². The number of halogens is 1. The molecule has 2 atom stereocenters. The number of nitrogens with one attached hydrogen (secondary N) is 2. The monoisotopic (exact) mass is 265 g/mol. The number of carbonyl (C=O) groups excluding carboxylic acids is 1. The van der Waals surface area contributed by atoms with Crippen LogP contribution in [0.15, 0.2) is 24.3 Å². The van der Waals surface area contributed by atoms with E-state index in [0.29, 0.717) is 12.1 Å². The highest BCUT2D eigenvalue weighted by Gasteiger charge is 2.45. The van der Waals surface area contributed by atoms with Crippen molar-refractivity contribution in [1.82, 2.24) is 5.32 Å². The second-order valence-electron chi connectivity index (χ2n) is 5.03. The molecule has 1 amide bonds. The van der Waals surface area contributed by atoms with E-state index in [1.165, 1.54) is 12.1 Å². The first-order valence-corrected chi connectivity index (χ1v) is 6.63. The second kappa shape index (κ2) is 5.57. The van der Waals surface area contributed by atoms with Crippen LogP contribution < -0.4 is 16.4 Å². The van der Waals surface area contributed by atoms with E-state index in [-0.39, 0.29) is 17.6 Å². The zero-order valence-corrected chi connectivity index (χ0v) is 11.1. The van der Waals surface area contributed by atoms with Gasteiger partial charge in [0.25, 0.3) is 0 Å². The minimum atomic E-state index is -0.798. The van der Waals surface area contributed by atoms with E-state index in [1.807, 2.05) is 6.92 Å². The van der Waals surface area contributed by atoms with Crippen LogP contribution in [-0.4, -0.2) is 24.5 Å².